The Kier molecular flexibility index (Phi) is 6.14. The van der Waals surface area contributed by atoms with Gasteiger partial charge in [0.1, 0.15) is 6.17 Å². The van der Waals surface area contributed by atoms with Gasteiger partial charge in [-0.05, 0) is 53.9 Å². The van der Waals surface area contributed by atoms with E-state index < -0.39 is 0 Å². The molecule has 0 saturated heterocycles. The first-order valence-corrected chi connectivity index (χ1v) is 12.5. The van der Waals surface area contributed by atoms with Gasteiger partial charge in [-0.25, -0.2) is 0 Å². The van der Waals surface area contributed by atoms with Crippen molar-refractivity contribution in [3.63, 3.8) is 0 Å². The van der Waals surface area contributed by atoms with E-state index in [2.05, 4.69) is 132 Å². The third-order valence-corrected chi connectivity index (χ3v) is 6.71. The Morgan fingerprint density at radius 2 is 1.27 bits per heavy atom. The van der Waals surface area contributed by atoms with Crippen LogP contribution >= 0.6 is 0 Å². The van der Waals surface area contributed by atoms with Crippen LogP contribution in [0.2, 0.25) is 0 Å². The van der Waals surface area contributed by atoms with Crippen LogP contribution in [-0.2, 0) is 0 Å². The highest BCUT2D eigenvalue weighted by Gasteiger charge is 2.31. The maximum atomic E-state index is 4.74. The van der Waals surface area contributed by atoms with Crippen LogP contribution in [0.25, 0.3) is 11.1 Å². The van der Waals surface area contributed by atoms with Crippen LogP contribution in [0.15, 0.2) is 139 Å². The molecule has 0 saturated carbocycles. The zero-order chi connectivity index (χ0) is 25.0. The summed E-state index contributed by atoms with van der Waals surface area (Å²) in [5.74, 6) is 0.908. The summed E-state index contributed by atoms with van der Waals surface area (Å²) in [6.07, 6.45) is -0.106. The number of hydrazone groups is 1. The highest BCUT2D eigenvalue weighted by atomic mass is 15.5. The van der Waals surface area contributed by atoms with Gasteiger partial charge in [0.05, 0.1) is 0 Å². The number of aryl methyl sites for hydroxylation is 1. The molecular weight excluding hydrogens is 452 g/mol. The molecule has 37 heavy (non-hydrogen) atoms. The molecule has 1 aliphatic heterocycles. The van der Waals surface area contributed by atoms with Crippen molar-refractivity contribution < 1.29 is 0 Å². The summed E-state index contributed by atoms with van der Waals surface area (Å²) in [4.78, 5) is 2.26. The van der Waals surface area contributed by atoms with Gasteiger partial charge in [-0.1, -0.05) is 103 Å². The molecule has 1 heterocycles. The molecule has 6 rings (SSSR count). The normalized spacial score (nSPS) is 14.7. The van der Waals surface area contributed by atoms with Gasteiger partial charge in [0.25, 0.3) is 0 Å². The first-order valence-electron chi connectivity index (χ1n) is 12.5. The number of para-hydroxylation sites is 2. The van der Waals surface area contributed by atoms with Crippen molar-refractivity contribution in [2.24, 2.45) is 5.10 Å². The standard InChI is InChI=1S/C33H28N4/c1-24-12-8-9-17-29(24)30-18-10-11-19-31(30)34-27-22-20-26(21-23-27)33-36-35-32(25-13-4-2-5-14-25)37(33)28-15-6-3-7-16-28/h2-23,33-34,36H,1H3. The van der Waals surface area contributed by atoms with Gasteiger partial charge in [0, 0.05) is 28.2 Å². The van der Waals surface area contributed by atoms with Gasteiger partial charge in [-0.15, -0.1) is 0 Å². The fourth-order valence-corrected chi connectivity index (χ4v) is 4.84. The van der Waals surface area contributed by atoms with Gasteiger partial charge in [-0.3, -0.25) is 10.3 Å². The van der Waals surface area contributed by atoms with Crippen molar-refractivity contribution in [1.29, 1.82) is 0 Å². The molecule has 0 aromatic heterocycles. The van der Waals surface area contributed by atoms with Crippen LogP contribution in [0.5, 0.6) is 0 Å². The van der Waals surface area contributed by atoms with E-state index >= 15 is 0 Å². The Morgan fingerprint density at radius 3 is 2.00 bits per heavy atom. The number of nitrogens with one attached hydrogen (secondary N) is 2. The molecule has 0 amide bonds. The van der Waals surface area contributed by atoms with Crippen LogP contribution in [0.3, 0.4) is 0 Å². The molecule has 4 nitrogen and oxygen atoms in total. The van der Waals surface area contributed by atoms with E-state index in [0.717, 1.165) is 34.0 Å². The zero-order valence-corrected chi connectivity index (χ0v) is 20.7. The van der Waals surface area contributed by atoms with Crippen molar-refractivity contribution >= 4 is 22.9 Å². The summed E-state index contributed by atoms with van der Waals surface area (Å²) >= 11 is 0. The Hall–Kier alpha value is -4.83. The molecule has 0 bridgehead atoms. The van der Waals surface area contributed by atoms with Crippen molar-refractivity contribution in [3.8, 4) is 11.1 Å². The number of hydrogen-bond donors (Lipinski definition) is 2. The molecule has 1 atom stereocenters. The van der Waals surface area contributed by atoms with Gasteiger partial charge in [-0.2, -0.15) is 5.10 Å². The Labute approximate surface area is 217 Å². The monoisotopic (exact) mass is 480 g/mol. The molecule has 0 spiro atoms. The molecule has 1 unspecified atom stereocenters. The molecule has 2 N–H and O–H groups in total. The number of hydrogen-bond acceptors (Lipinski definition) is 4. The Bertz CT molecular complexity index is 1530. The van der Waals surface area contributed by atoms with Crippen molar-refractivity contribution in [3.05, 3.63) is 150 Å². The molecule has 5 aromatic carbocycles. The molecule has 180 valence electrons. The highest BCUT2D eigenvalue weighted by Crippen LogP contribution is 2.34. The SMILES string of the molecule is Cc1ccccc1-c1ccccc1Nc1ccc(C2NN=C(c3ccccc3)N2c2ccccc2)cc1. The summed E-state index contributed by atoms with van der Waals surface area (Å²) in [5.41, 5.74) is 12.5. The summed E-state index contributed by atoms with van der Waals surface area (Å²) in [6.45, 7) is 2.15. The number of amidine groups is 1. The number of benzene rings is 5. The fraction of sp³-hybridized carbons (Fsp3) is 0.0606. The molecule has 0 radical (unpaired) electrons. The Morgan fingerprint density at radius 1 is 0.649 bits per heavy atom. The van der Waals surface area contributed by atoms with Gasteiger partial charge in [0.15, 0.2) is 5.84 Å². The van der Waals surface area contributed by atoms with Gasteiger partial charge < -0.3 is 5.32 Å². The molecule has 1 aliphatic rings. The average Bonchev–Trinajstić information content (AvgIpc) is 3.40. The van der Waals surface area contributed by atoms with E-state index in [4.69, 9.17) is 5.10 Å². The topological polar surface area (TPSA) is 39.7 Å². The summed E-state index contributed by atoms with van der Waals surface area (Å²) in [7, 11) is 0. The van der Waals surface area contributed by atoms with E-state index in [0.29, 0.717) is 0 Å². The first kappa shape index (κ1) is 22.6. The highest BCUT2D eigenvalue weighted by molar-refractivity contribution is 6.11. The fourth-order valence-electron chi connectivity index (χ4n) is 4.84. The predicted molar refractivity (Wildman–Crippen MR) is 154 cm³/mol. The second-order valence-electron chi connectivity index (χ2n) is 9.15. The third-order valence-electron chi connectivity index (χ3n) is 6.71. The molecule has 0 aliphatic carbocycles. The summed E-state index contributed by atoms with van der Waals surface area (Å²) in [5, 5.41) is 8.37. The van der Waals surface area contributed by atoms with Crippen LogP contribution < -0.4 is 15.6 Å². The second-order valence-corrected chi connectivity index (χ2v) is 9.15. The van der Waals surface area contributed by atoms with Crippen molar-refractivity contribution in [1.82, 2.24) is 5.43 Å². The van der Waals surface area contributed by atoms with E-state index in [1.54, 1.807) is 0 Å². The van der Waals surface area contributed by atoms with Crippen molar-refractivity contribution in [2.45, 2.75) is 13.1 Å². The van der Waals surface area contributed by atoms with E-state index in [1.165, 1.54) is 16.7 Å². The first-order chi connectivity index (χ1) is 18.3. The Balaban J connectivity index is 1.29. The lowest BCUT2D eigenvalue weighted by Crippen LogP contribution is -2.33. The maximum Gasteiger partial charge on any atom is 0.162 e. The molecule has 4 heteroatoms. The minimum absolute atomic E-state index is 0.106. The minimum Gasteiger partial charge on any atom is -0.355 e. The van der Waals surface area contributed by atoms with Crippen LogP contribution in [-0.4, -0.2) is 5.84 Å². The van der Waals surface area contributed by atoms with Gasteiger partial charge in [0.2, 0.25) is 0 Å². The predicted octanol–water partition coefficient (Wildman–Crippen LogP) is 7.88. The summed E-state index contributed by atoms with van der Waals surface area (Å²) < 4.78 is 0. The van der Waals surface area contributed by atoms with Gasteiger partial charge >= 0.3 is 0 Å². The number of rotatable bonds is 6. The second kappa shape index (κ2) is 10.0. The van der Waals surface area contributed by atoms with E-state index in [-0.39, 0.29) is 6.17 Å². The third kappa shape index (κ3) is 4.57. The summed E-state index contributed by atoms with van der Waals surface area (Å²) in [6, 6.07) is 46.3. The van der Waals surface area contributed by atoms with E-state index in [1.807, 2.05) is 24.3 Å². The average molecular weight is 481 g/mol. The largest absolute Gasteiger partial charge is 0.355 e. The maximum absolute atomic E-state index is 4.74. The lowest BCUT2D eigenvalue weighted by Gasteiger charge is -2.28. The number of nitrogens with zero attached hydrogens (tertiary/aromatic N) is 2. The van der Waals surface area contributed by atoms with Crippen LogP contribution in [0.4, 0.5) is 17.1 Å². The quantitative estimate of drug-likeness (QED) is 0.260. The lowest BCUT2D eigenvalue weighted by atomic mass is 9.99. The molecular formula is C33H28N4. The molecule has 5 aromatic rings. The van der Waals surface area contributed by atoms with Crippen LogP contribution in [0.1, 0.15) is 22.9 Å². The van der Waals surface area contributed by atoms with E-state index in [9.17, 15) is 0 Å². The molecule has 0 fully saturated rings. The number of anilines is 3. The van der Waals surface area contributed by atoms with Crippen LogP contribution in [0, 0.1) is 6.92 Å². The zero-order valence-electron chi connectivity index (χ0n) is 20.7. The van der Waals surface area contributed by atoms with Crippen molar-refractivity contribution in [2.75, 3.05) is 10.2 Å². The lowest BCUT2D eigenvalue weighted by molar-refractivity contribution is 0.617. The smallest absolute Gasteiger partial charge is 0.162 e. The minimum atomic E-state index is -0.106.